The van der Waals surface area contributed by atoms with Gasteiger partial charge in [0.15, 0.2) is 0 Å². The second-order valence-electron chi connectivity index (χ2n) is 8.51. The summed E-state index contributed by atoms with van der Waals surface area (Å²) in [5.74, 6) is -3.40. The van der Waals surface area contributed by atoms with Gasteiger partial charge < -0.3 is 20.1 Å². The van der Waals surface area contributed by atoms with Crippen molar-refractivity contribution in [3.63, 3.8) is 0 Å². The third-order valence-corrected chi connectivity index (χ3v) is 5.80. The van der Waals surface area contributed by atoms with Crippen LogP contribution in [0.15, 0.2) is 42.3 Å². The van der Waals surface area contributed by atoms with E-state index in [0.29, 0.717) is 12.0 Å². The molecule has 3 rings (SSSR count). The molecule has 2 fully saturated rings. The van der Waals surface area contributed by atoms with Crippen molar-refractivity contribution >= 4 is 35.6 Å². The van der Waals surface area contributed by atoms with Crippen LogP contribution in [-0.2, 0) is 33.4 Å². The van der Waals surface area contributed by atoms with Gasteiger partial charge in [-0.3, -0.25) is 33.8 Å². The van der Waals surface area contributed by atoms with Gasteiger partial charge in [-0.2, -0.15) is 0 Å². The minimum atomic E-state index is -1.10. The second-order valence-corrected chi connectivity index (χ2v) is 8.51. The number of fused-ring (bicyclic) bond motifs is 1. The number of esters is 2. The minimum Gasteiger partial charge on any atom is -0.466 e. The molecular weight excluding hydrogens is 484 g/mol. The summed E-state index contributed by atoms with van der Waals surface area (Å²) in [6.45, 7) is 3.14. The summed E-state index contributed by atoms with van der Waals surface area (Å²) >= 11 is 0. The number of amides is 4. The Morgan fingerprint density at radius 3 is 2.51 bits per heavy atom. The molecule has 1 aromatic rings. The Morgan fingerprint density at radius 2 is 1.84 bits per heavy atom. The van der Waals surface area contributed by atoms with Gasteiger partial charge in [-0.1, -0.05) is 18.2 Å². The van der Waals surface area contributed by atoms with Crippen molar-refractivity contribution in [3.05, 3.63) is 47.9 Å². The highest BCUT2D eigenvalue weighted by atomic mass is 16.5. The highest BCUT2D eigenvalue weighted by Gasteiger charge is 2.44. The van der Waals surface area contributed by atoms with Gasteiger partial charge >= 0.3 is 11.9 Å². The summed E-state index contributed by atoms with van der Waals surface area (Å²) in [7, 11) is 0. The predicted octanol–water partition coefficient (Wildman–Crippen LogP) is 0.787. The molecule has 0 aromatic heterocycles. The normalized spacial score (nSPS) is 19.9. The first kappa shape index (κ1) is 27.4. The van der Waals surface area contributed by atoms with Crippen molar-refractivity contribution in [1.82, 2.24) is 20.7 Å². The van der Waals surface area contributed by atoms with Gasteiger partial charge in [0.05, 0.1) is 18.7 Å². The van der Waals surface area contributed by atoms with E-state index in [-0.39, 0.29) is 50.4 Å². The van der Waals surface area contributed by atoms with E-state index < -0.39 is 41.7 Å². The molecule has 2 saturated heterocycles. The minimum absolute atomic E-state index is 0.0107. The Labute approximate surface area is 213 Å². The van der Waals surface area contributed by atoms with Crippen LogP contribution in [0, 0.1) is 0 Å². The molecule has 2 atom stereocenters. The fourth-order valence-electron chi connectivity index (χ4n) is 4.12. The first-order valence-corrected chi connectivity index (χ1v) is 12.0. The molecule has 0 saturated carbocycles. The Bertz CT molecular complexity index is 1090. The molecule has 0 bridgehead atoms. The van der Waals surface area contributed by atoms with Crippen molar-refractivity contribution in [2.75, 3.05) is 13.2 Å². The van der Waals surface area contributed by atoms with Gasteiger partial charge in [0.25, 0.3) is 11.8 Å². The van der Waals surface area contributed by atoms with Crippen molar-refractivity contribution in [2.45, 2.75) is 58.0 Å². The van der Waals surface area contributed by atoms with Crippen molar-refractivity contribution < 1.29 is 38.2 Å². The lowest BCUT2D eigenvalue weighted by Crippen LogP contribution is -2.63. The third-order valence-electron chi connectivity index (χ3n) is 5.80. The highest BCUT2D eigenvalue weighted by Crippen LogP contribution is 2.25. The van der Waals surface area contributed by atoms with E-state index in [1.54, 1.807) is 37.3 Å². The van der Waals surface area contributed by atoms with Gasteiger partial charge in [0.1, 0.15) is 18.3 Å². The summed E-state index contributed by atoms with van der Waals surface area (Å²) in [4.78, 5) is 75.6. The van der Waals surface area contributed by atoms with Crippen LogP contribution in [0.5, 0.6) is 0 Å². The zero-order valence-electron chi connectivity index (χ0n) is 20.7. The standard InChI is InChI=1S/C25H30N4O8/c1-3-36-22(32)14-18(15-37-16(2)30)26-24(34)20-10-7-13-28-21(31)12-11-19(25(35)29(20)28)27-23(33)17-8-5-4-6-9-17/h4-6,8-9,15,19-20H,3,7,10-14H2,1-2H3,(H,26,34)(H,27,33)/b18-15-. The maximum atomic E-state index is 13.5. The molecule has 12 heteroatoms. The van der Waals surface area contributed by atoms with Crippen LogP contribution in [0.25, 0.3) is 0 Å². The van der Waals surface area contributed by atoms with E-state index in [4.69, 9.17) is 9.47 Å². The van der Waals surface area contributed by atoms with E-state index in [1.807, 2.05) is 0 Å². The molecule has 2 aliphatic rings. The SMILES string of the molecule is CCOC(=O)C/C(=C/OC(C)=O)NC(=O)C1CCCN2C(=O)CCC(NC(=O)c3ccccc3)C(=O)N12. The highest BCUT2D eigenvalue weighted by molar-refractivity contribution is 5.99. The van der Waals surface area contributed by atoms with E-state index in [9.17, 15) is 28.8 Å². The number of rotatable bonds is 8. The molecule has 4 amide bonds. The Balaban J connectivity index is 1.81. The molecule has 12 nitrogen and oxygen atoms in total. The molecule has 2 aliphatic heterocycles. The lowest BCUT2D eigenvalue weighted by molar-refractivity contribution is -0.175. The van der Waals surface area contributed by atoms with Crippen LogP contribution in [0.3, 0.4) is 0 Å². The number of hydrogen-bond acceptors (Lipinski definition) is 8. The van der Waals surface area contributed by atoms with Gasteiger partial charge in [0, 0.05) is 25.5 Å². The van der Waals surface area contributed by atoms with Crippen molar-refractivity contribution in [2.24, 2.45) is 0 Å². The fourth-order valence-corrected chi connectivity index (χ4v) is 4.12. The van der Waals surface area contributed by atoms with Crippen LogP contribution < -0.4 is 10.6 Å². The van der Waals surface area contributed by atoms with Gasteiger partial charge in [0.2, 0.25) is 11.8 Å². The lowest BCUT2D eigenvalue weighted by atomic mass is 10.1. The summed E-state index contributed by atoms with van der Waals surface area (Å²) in [6.07, 6.45) is 1.34. The van der Waals surface area contributed by atoms with Crippen LogP contribution in [0.4, 0.5) is 0 Å². The summed E-state index contributed by atoms with van der Waals surface area (Å²) in [5.41, 5.74) is 0.313. The molecule has 198 valence electrons. The number of carbonyl (C=O) groups is 6. The molecule has 0 spiro atoms. The monoisotopic (exact) mass is 514 g/mol. The molecule has 2 N–H and O–H groups in total. The predicted molar refractivity (Wildman–Crippen MR) is 128 cm³/mol. The molecule has 2 heterocycles. The molecule has 1 aromatic carbocycles. The van der Waals surface area contributed by atoms with E-state index in [2.05, 4.69) is 10.6 Å². The molecule has 0 aliphatic carbocycles. The number of hydrogen-bond donors (Lipinski definition) is 2. The van der Waals surface area contributed by atoms with E-state index >= 15 is 0 Å². The van der Waals surface area contributed by atoms with Crippen LogP contribution in [0.1, 0.15) is 56.3 Å². The summed E-state index contributed by atoms with van der Waals surface area (Å²) < 4.78 is 9.72. The Morgan fingerprint density at radius 1 is 1.11 bits per heavy atom. The third kappa shape index (κ3) is 7.15. The average Bonchev–Trinajstić information content (AvgIpc) is 2.99. The quantitative estimate of drug-likeness (QED) is 0.382. The van der Waals surface area contributed by atoms with Crippen LogP contribution >= 0.6 is 0 Å². The number of carbonyl (C=O) groups excluding carboxylic acids is 6. The number of nitrogens with zero attached hydrogens (tertiary/aromatic N) is 2. The maximum Gasteiger partial charge on any atom is 0.311 e. The summed E-state index contributed by atoms with van der Waals surface area (Å²) in [6, 6.07) is 6.23. The number of ether oxygens (including phenoxy) is 2. The maximum absolute atomic E-state index is 13.5. The largest absolute Gasteiger partial charge is 0.466 e. The number of hydrazine groups is 1. The Hall–Kier alpha value is -4.22. The Kier molecular flexibility index (Phi) is 9.36. The second kappa shape index (κ2) is 12.7. The smallest absolute Gasteiger partial charge is 0.311 e. The fraction of sp³-hybridized carbons (Fsp3) is 0.440. The average molecular weight is 515 g/mol. The topological polar surface area (TPSA) is 151 Å². The van der Waals surface area contributed by atoms with Gasteiger partial charge in [-0.15, -0.1) is 0 Å². The number of benzene rings is 1. The first-order valence-electron chi connectivity index (χ1n) is 12.0. The zero-order chi connectivity index (χ0) is 26.9. The molecule has 2 unspecified atom stereocenters. The molecule has 0 radical (unpaired) electrons. The molecular formula is C25H30N4O8. The molecule has 37 heavy (non-hydrogen) atoms. The lowest BCUT2D eigenvalue weighted by Gasteiger charge is -2.43. The first-order chi connectivity index (χ1) is 17.7. The van der Waals surface area contributed by atoms with Crippen LogP contribution in [-0.4, -0.2) is 70.8 Å². The van der Waals surface area contributed by atoms with Crippen molar-refractivity contribution in [3.8, 4) is 0 Å². The van der Waals surface area contributed by atoms with E-state index in [0.717, 1.165) is 18.2 Å². The van der Waals surface area contributed by atoms with E-state index in [1.165, 1.54) is 5.01 Å². The van der Waals surface area contributed by atoms with Gasteiger partial charge in [-0.05, 0) is 38.3 Å². The van der Waals surface area contributed by atoms with Crippen molar-refractivity contribution in [1.29, 1.82) is 0 Å². The summed E-state index contributed by atoms with van der Waals surface area (Å²) in [5, 5.41) is 7.54. The zero-order valence-corrected chi connectivity index (χ0v) is 20.7. The number of nitrogens with one attached hydrogen (secondary N) is 2. The van der Waals surface area contributed by atoms with Gasteiger partial charge in [-0.25, -0.2) is 5.01 Å². The van der Waals surface area contributed by atoms with Crippen LogP contribution in [0.2, 0.25) is 0 Å².